The first-order chi connectivity index (χ1) is 16.5. The van der Waals surface area contributed by atoms with Crippen molar-refractivity contribution in [3.63, 3.8) is 0 Å². The molecule has 4 rings (SSSR count). The van der Waals surface area contributed by atoms with Gasteiger partial charge >= 0.3 is 5.97 Å². The van der Waals surface area contributed by atoms with E-state index in [1.54, 1.807) is 19.2 Å². The van der Waals surface area contributed by atoms with Crippen LogP contribution in [0, 0.1) is 0 Å². The first-order valence-electron chi connectivity index (χ1n) is 11.1. The standard InChI is InChI=1S/C27H26ClNO5/c1-33-16-17-34-24-13-7-11-19(18-8-3-2-4-9-18)25(24)26(30)29-22(14-15-23(29)27(31)32)20-10-5-6-12-21(20)28/h2-13,22-23H,14-17H2,1H3,(H,31,32). The second kappa shape index (κ2) is 10.7. The molecule has 6 nitrogen and oxygen atoms in total. The predicted octanol–water partition coefficient (Wildman–Crippen LogP) is 5.46. The van der Waals surface area contributed by atoms with Crippen molar-refractivity contribution in [3.05, 3.63) is 88.9 Å². The molecule has 1 aliphatic heterocycles. The number of carboxylic acids is 1. The molecule has 0 radical (unpaired) electrons. The van der Waals surface area contributed by atoms with Gasteiger partial charge in [-0.3, -0.25) is 4.79 Å². The van der Waals surface area contributed by atoms with Crippen molar-refractivity contribution in [2.45, 2.75) is 24.9 Å². The Kier molecular flexibility index (Phi) is 7.50. The molecule has 2 atom stereocenters. The molecule has 2 unspecified atom stereocenters. The Morgan fingerprint density at radius 1 is 0.971 bits per heavy atom. The third-order valence-electron chi connectivity index (χ3n) is 6.04. The lowest BCUT2D eigenvalue weighted by atomic mass is 9.96. The number of carboxylic acid groups (broad SMARTS) is 1. The summed E-state index contributed by atoms with van der Waals surface area (Å²) in [5, 5.41) is 10.5. The van der Waals surface area contributed by atoms with Gasteiger partial charge in [-0.2, -0.15) is 0 Å². The highest BCUT2D eigenvalue weighted by Gasteiger charge is 2.43. The minimum absolute atomic E-state index is 0.255. The number of carbonyl (C=O) groups is 2. The van der Waals surface area contributed by atoms with E-state index in [1.165, 1.54) is 4.90 Å². The molecule has 0 saturated carbocycles. The summed E-state index contributed by atoms with van der Waals surface area (Å²) in [6.45, 7) is 0.609. The molecular weight excluding hydrogens is 454 g/mol. The average Bonchev–Trinajstić information content (AvgIpc) is 3.30. The monoisotopic (exact) mass is 479 g/mol. The number of hydrogen-bond donors (Lipinski definition) is 1. The third-order valence-corrected chi connectivity index (χ3v) is 6.38. The van der Waals surface area contributed by atoms with Crippen LogP contribution in [-0.4, -0.2) is 48.2 Å². The molecule has 0 spiro atoms. The fraction of sp³-hybridized carbons (Fsp3) is 0.259. The van der Waals surface area contributed by atoms with E-state index in [9.17, 15) is 14.7 Å². The first kappa shape index (κ1) is 23.8. The highest BCUT2D eigenvalue weighted by molar-refractivity contribution is 6.31. The van der Waals surface area contributed by atoms with E-state index in [-0.39, 0.29) is 6.61 Å². The Balaban J connectivity index is 1.84. The van der Waals surface area contributed by atoms with Crippen LogP contribution in [0.3, 0.4) is 0 Å². The zero-order valence-electron chi connectivity index (χ0n) is 18.8. The maximum Gasteiger partial charge on any atom is 0.326 e. The van der Waals surface area contributed by atoms with Gasteiger partial charge in [0.05, 0.1) is 18.2 Å². The normalized spacial score (nSPS) is 17.5. The minimum Gasteiger partial charge on any atom is -0.490 e. The number of benzene rings is 3. The van der Waals surface area contributed by atoms with Crippen LogP contribution >= 0.6 is 11.6 Å². The van der Waals surface area contributed by atoms with E-state index < -0.39 is 24.0 Å². The second-order valence-electron chi connectivity index (χ2n) is 8.07. The summed E-state index contributed by atoms with van der Waals surface area (Å²) in [7, 11) is 1.58. The van der Waals surface area contributed by atoms with Crippen LogP contribution in [-0.2, 0) is 9.53 Å². The minimum atomic E-state index is -1.04. The molecule has 1 N–H and O–H groups in total. The number of halogens is 1. The van der Waals surface area contributed by atoms with Crippen molar-refractivity contribution in [2.75, 3.05) is 20.3 Å². The number of carbonyl (C=O) groups excluding carboxylic acids is 1. The molecule has 3 aromatic rings. The Morgan fingerprint density at radius 3 is 2.41 bits per heavy atom. The molecular formula is C27H26ClNO5. The number of methoxy groups -OCH3 is 1. The van der Waals surface area contributed by atoms with Crippen LogP contribution in [0.25, 0.3) is 11.1 Å². The van der Waals surface area contributed by atoms with Gasteiger partial charge in [0.15, 0.2) is 0 Å². The summed E-state index contributed by atoms with van der Waals surface area (Å²) in [5.74, 6) is -1.05. The zero-order valence-corrected chi connectivity index (χ0v) is 19.6. The van der Waals surface area contributed by atoms with Crippen LogP contribution < -0.4 is 4.74 Å². The molecule has 1 aliphatic rings. The molecule has 34 heavy (non-hydrogen) atoms. The third kappa shape index (κ3) is 4.79. The largest absolute Gasteiger partial charge is 0.490 e. The Labute approximate surface area is 203 Å². The van der Waals surface area contributed by atoms with Gasteiger partial charge in [-0.05, 0) is 41.7 Å². The van der Waals surface area contributed by atoms with Crippen LogP contribution in [0.2, 0.25) is 5.02 Å². The SMILES string of the molecule is COCCOc1cccc(-c2ccccc2)c1C(=O)N1C(C(=O)O)CCC1c1ccccc1Cl. The van der Waals surface area contributed by atoms with Gasteiger partial charge in [-0.1, -0.05) is 72.3 Å². The molecule has 3 aromatic carbocycles. The van der Waals surface area contributed by atoms with E-state index in [2.05, 4.69) is 0 Å². The number of ether oxygens (including phenoxy) is 2. The summed E-state index contributed by atoms with van der Waals surface area (Å²) in [4.78, 5) is 27.9. The van der Waals surface area contributed by atoms with Crippen molar-refractivity contribution in [2.24, 2.45) is 0 Å². The summed E-state index contributed by atoms with van der Waals surface area (Å²) >= 11 is 6.47. The van der Waals surface area contributed by atoms with Crippen molar-refractivity contribution in [3.8, 4) is 16.9 Å². The Hall–Kier alpha value is -3.35. The van der Waals surface area contributed by atoms with Gasteiger partial charge in [-0.15, -0.1) is 0 Å². The van der Waals surface area contributed by atoms with E-state index in [0.717, 1.165) is 11.1 Å². The van der Waals surface area contributed by atoms with E-state index in [0.29, 0.717) is 41.3 Å². The topological polar surface area (TPSA) is 76.1 Å². The van der Waals surface area contributed by atoms with Crippen LogP contribution in [0.15, 0.2) is 72.8 Å². The van der Waals surface area contributed by atoms with Crippen LogP contribution in [0.1, 0.15) is 34.8 Å². The molecule has 1 heterocycles. The van der Waals surface area contributed by atoms with Crippen LogP contribution in [0.4, 0.5) is 0 Å². The quantitative estimate of drug-likeness (QED) is 0.434. The fourth-order valence-corrected chi connectivity index (χ4v) is 4.74. The van der Waals surface area contributed by atoms with Crippen molar-refractivity contribution in [1.29, 1.82) is 0 Å². The van der Waals surface area contributed by atoms with E-state index in [1.807, 2.05) is 60.7 Å². The number of nitrogens with zero attached hydrogens (tertiary/aromatic N) is 1. The smallest absolute Gasteiger partial charge is 0.326 e. The number of aliphatic carboxylic acids is 1. The van der Waals surface area contributed by atoms with Gasteiger partial charge in [0, 0.05) is 12.1 Å². The van der Waals surface area contributed by atoms with Crippen molar-refractivity contribution < 1.29 is 24.2 Å². The van der Waals surface area contributed by atoms with Crippen LogP contribution in [0.5, 0.6) is 5.75 Å². The predicted molar refractivity (Wildman–Crippen MR) is 130 cm³/mol. The zero-order chi connectivity index (χ0) is 24.1. The van der Waals surface area contributed by atoms with E-state index >= 15 is 0 Å². The van der Waals surface area contributed by atoms with Gasteiger partial charge in [-0.25, -0.2) is 4.79 Å². The summed E-state index contributed by atoms with van der Waals surface area (Å²) < 4.78 is 11.0. The maximum absolute atomic E-state index is 14.2. The second-order valence-corrected chi connectivity index (χ2v) is 8.47. The lowest BCUT2D eigenvalue weighted by molar-refractivity contribution is -0.141. The molecule has 0 bridgehead atoms. The maximum atomic E-state index is 14.2. The van der Waals surface area contributed by atoms with Crippen molar-refractivity contribution >= 4 is 23.5 Å². The number of amides is 1. The number of hydrogen-bond acceptors (Lipinski definition) is 4. The molecule has 176 valence electrons. The Morgan fingerprint density at radius 2 is 1.71 bits per heavy atom. The lowest BCUT2D eigenvalue weighted by Crippen LogP contribution is -2.42. The Bertz CT molecular complexity index is 1170. The lowest BCUT2D eigenvalue weighted by Gasteiger charge is -2.30. The average molecular weight is 480 g/mol. The molecule has 0 aromatic heterocycles. The molecule has 1 fully saturated rings. The van der Waals surface area contributed by atoms with Crippen molar-refractivity contribution in [1.82, 2.24) is 4.90 Å². The number of rotatable bonds is 8. The van der Waals surface area contributed by atoms with Gasteiger partial charge in [0.2, 0.25) is 0 Å². The molecule has 7 heteroatoms. The van der Waals surface area contributed by atoms with Gasteiger partial charge in [0.25, 0.3) is 5.91 Å². The summed E-state index contributed by atoms with van der Waals surface area (Å²) in [5.41, 5.74) is 2.58. The van der Waals surface area contributed by atoms with E-state index in [4.69, 9.17) is 21.1 Å². The molecule has 1 saturated heterocycles. The molecule has 0 aliphatic carbocycles. The van der Waals surface area contributed by atoms with Gasteiger partial charge < -0.3 is 19.5 Å². The highest BCUT2D eigenvalue weighted by Crippen LogP contribution is 2.42. The fourth-order valence-electron chi connectivity index (χ4n) is 4.48. The highest BCUT2D eigenvalue weighted by atomic mass is 35.5. The summed E-state index contributed by atoms with van der Waals surface area (Å²) in [6.07, 6.45) is 0.837. The first-order valence-corrected chi connectivity index (χ1v) is 11.5. The number of likely N-dealkylation sites (tertiary alicyclic amines) is 1. The molecule has 1 amide bonds. The summed E-state index contributed by atoms with van der Waals surface area (Å²) in [6, 6.07) is 20.7. The van der Waals surface area contributed by atoms with Gasteiger partial charge in [0.1, 0.15) is 18.4 Å².